The zero-order valence-electron chi connectivity index (χ0n) is 12.7. The van der Waals surface area contributed by atoms with Crippen LogP contribution in [0.3, 0.4) is 0 Å². The number of nitrogens with zero attached hydrogens (tertiary/aromatic N) is 2. The lowest BCUT2D eigenvalue weighted by molar-refractivity contribution is 0.0950. The highest BCUT2D eigenvalue weighted by Gasteiger charge is 2.11. The van der Waals surface area contributed by atoms with Crippen LogP contribution in [0.25, 0.3) is 0 Å². The number of aromatic nitrogens is 1. The first-order chi connectivity index (χ1) is 9.47. The zero-order valence-corrected chi connectivity index (χ0v) is 12.7. The van der Waals surface area contributed by atoms with E-state index in [9.17, 15) is 4.79 Å². The second kappa shape index (κ2) is 7.81. The topological polar surface area (TPSA) is 83.3 Å². The molecule has 1 amide bonds. The zero-order chi connectivity index (χ0) is 15.1. The summed E-state index contributed by atoms with van der Waals surface area (Å²) >= 11 is 0. The Morgan fingerprint density at radius 2 is 2.15 bits per heavy atom. The number of hydrogen-bond acceptors (Lipinski definition) is 5. The van der Waals surface area contributed by atoms with Crippen molar-refractivity contribution in [1.82, 2.24) is 15.2 Å². The van der Waals surface area contributed by atoms with Crippen LogP contribution in [0, 0.1) is 0 Å². The predicted molar refractivity (Wildman–Crippen MR) is 81.6 cm³/mol. The molecule has 1 aromatic heterocycles. The number of nitrogens with one attached hydrogen (secondary N) is 2. The molecule has 20 heavy (non-hydrogen) atoms. The van der Waals surface area contributed by atoms with Gasteiger partial charge in [0.2, 0.25) is 0 Å². The number of nitrogen functional groups attached to an aromatic ring is 1. The molecule has 0 spiro atoms. The quantitative estimate of drug-likeness (QED) is 0.515. The second-order valence-electron chi connectivity index (χ2n) is 5.12. The Balaban J connectivity index is 2.74. The highest BCUT2D eigenvalue weighted by molar-refractivity contribution is 5.95. The van der Waals surface area contributed by atoms with E-state index >= 15 is 0 Å². The van der Waals surface area contributed by atoms with E-state index in [1.807, 2.05) is 27.0 Å². The van der Waals surface area contributed by atoms with Crippen LogP contribution < -0.4 is 16.6 Å². The monoisotopic (exact) mass is 279 g/mol. The lowest BCUT2D eigenvalue weighted by Crippen LogP contribution is -2.33. The van der Waals surface area contributed by atoms with Gasteiger partial charge in [-0.3, -0.25) is 4.79 Å². The molecular formula is C14H25N5O. The first kappa shape index (κ1) is 16.4. The van der Waals surface area contributed by atoms with Crippen LogP contribution in [-0.2, 0) is 0 Å². The normalized spacial score (nSPS) is 10.9. The number of hydrogen-bond donors (Lipinski definition) is 3. The van der Waals surface area contributed by atoms with E-state index in [4.69, 9.17) is 5.84 Å². The van der Waals surface area contributed by atoms with Crippen molar-refractivity contribution in [3.63, 3.8) is 0 Å². The fourth-order valence-electron chi connectivity index (χ4n) is 1.67. The molecule has 0 aliphatic heterocycles. The third kappa shape index (κ3) is 4.79. The smallest absolute Gasteiger partial charge is 0.251 e. The average molecular weight is 279 g/mol. The van der Waals surface area contributed by atoms with Crippen LogP contribution in [0.4, 0.5) is 5.82 Å². The minimum absolute atomic E-state index is 0.102. The summed E-state index contributed by atoms with van der Waals surface area (Å²) in [5.74, 6) is 6.04. The fourth-order valence-corrected chi connectivity index (χ4v) is 1.67. The van der Waals surface area contributed by atoms with E-state index in [-0.39, 0.29) is 11.8 Å². The molecule has 0 aliphatic rings. The van der Waals surface area contributed by atoms with Crippen LogP contribution in [-0.4, -0.2) is 42.5 Å². The number of amides is 1. The Labute approximate surface area is 120 Å². The van der Waals surface area contributed by atoms with Crippen LogP contribution in [0.2, 0.25) is 0 Å². The molecule has 0 saturated heterocycles. The van der Waals surface area contributed by atoms with Gasteiger partial charge in [-0.2, -0.15) is 0 Å². The highest BCUT2D eigenvalue weighted by atomic mass is 16.1. The number of nitrogens with two attached hydrogens (primary N) is 1. The maximum atomic E-state index is 12.1. The largest absolute Gasteiger partial charge is 0.351 e. The Hall–Kier alpha value is -1.66. The standard InChI is InChI=1S/C14H25N5O/c1-5-19(4)7-6-16-14(20)11-8-12(10(2)3)17-13(9-11)18-15/h8-10H,5-7,15H2,1-4H3,(H,16,20)(H,17,18). The van der Waals surface area contributed by atoms with Gasteiger partial charge in [0.15, 0.2) is 0 Å². The Bertz CT molecular complexity index is 447. The lowest BCUT2D eigenvalue weighted by Gasteiger charge is -2.15. The molecule has 0 bridgehead atoms. The molecule has 0 aliphatic carbocycles. The van der Waals surface area contributed by atoms with Gasteiger partial charge in [0.25, 0.3) is 5.91 Å². The van der Waals surface area contributed by atoms with E-state index < -0.39 is 0 Å². The van der Waals surface area contributed by atoms with E-state index in [2.05, 4.69) is 27.6 Å². The van der Waals surface area contributed by atoms with E-state index in [0.29, 0.717) is 17.9 Å². The third-order valence-electron chi connectivity index (χ3n) is 3.17. The minimum Gasteiger partial charge on any atom is -0.351 e. The first-order valence-electron chi connectivity index (χ1n) is 6.93. The summed E-state index contributed by atoms with van der Waals surface area (Å²) in [5, 5.41) is 2.90. The van der Waals surface area contributed by atoms with Gasteiger partial charge in [0.1, 0.15) is 5.82 Å². The highest BCUT2D eigenvalue weighted by Crippen LogP contribution is 2.17. The van der Waals surface area contributed by atoms with Gasteiger partial charge in [0, 0.05) is 24.3 Å². The third-order valence-corrected chi connectivity index (χ3v) is 3.17. The minimum atomic E-state index is -0.102. The fraction of sp³-hybridized carbons (Fsp3) is 0.571. The molecule has 0 aromatic carbocycles. The van der Waals surface area contributed by atoms with Gasteiger partial charge in [-0.15, -0.1) is 0 Å². The Morgan fingerprint density at radius 3 is 2.70 bits per heavy atom. The van der Waals surface area contributed by atoms with Crippen molar-refractivity contribution >= 4 is 11.7 Å². The van der Waals surface area contributed by atoms with E-state index in [1.54, 1.807) is 6.07 Å². The summed E-state index contributed by atoms with van der Waals surface area (Å²) in [6.45, 7) is 8.55. The van der Waals surface area contributed by atoms with Crippen molar-refractivity contribution in [3.8, 4) is 0 Å². The molecule has 112 valence electrons. The number of likely N-dealkylation sites (N-methyl/N-ethyl adjacent to an activating group) is 1. The van der Waals surface area contributed by atoms with Gasteiger partial charge in [-0.05, 0) is 31.6 Å². The number of carbonyl (C=O) groups excluding carboxylic acids is 1. The number of carbonyl (C=O) groups is 1. The summed E-state index contributed by atoms with van der Waals surface area (Å²) in [7, 11) is 2.02. The van der Waals surface area contributed by atoms with Gasteiger partial charge in [-0.1, -0.05) is 20.8 Å². The van der Waals surface area contributed by atoms with Gasteiger partial charge < -0.3 is 15.6 Å². The summed E-state index contributed by atoms with van der Waals surface area (Å²) in [6, 6.07) is 3.47. The lowest BCUT2D eigenvalue weighted by atomic mass is 10.1. The molecule has 6 heteroatoms. The predicted octanol–water partition coefficient (Wildman–Crippen LogP) is 1.17. The number of rotatable bonds is 7. The summed E-state index contributed by atoms with van der Waals surface area (Å²) in [5.41, 5.74) is 3.92. The van der Waals surface area contributed by atoms with E-state index in [1.165, 1.54) is 0 Å². The Morgan fingerprint density at radius 1 is 1.45 bits per heavy atom. The summed E-state index contributed by atoms with van der Waals surface area (Å²) in [4.78, 5) is 18.6. The number of hydrazine groups is 1. The molecule has 0 saturated carbocycles. The molecule has 0 unspecified atom stereocenters. The molecule has 4 N–H and O–H groups in total. The molecular weight excluding hydrogens is 254 g/mol. The van der Waals surface area contributed by atoms with Crippen molar-refractivity contribution in [2.75, 3.05) is 32.1 Å². The molecule has 1 aromatic rings. The molecule has 1 heterocycles. The van der Waals surface area contributed by atoms with Crippen molar-refractivity contribution in [3.05, 3.63) is 23.4 Å². The van der Waals surface area contributed by atoms with Gasteiger partial charge in [0.05, 0.1) is 0 Å². The van der Waals surface area contributed by atoms with Crippen molar-refractivity contribution in [2.45, 2.75) is 26.7 Å². The summed E-state index contributed by atoms with van der Waals surface area (Å²) < 4.78 is 0. The number of anilines is 1. The first-order valence-corrected chi connectivity index (χ1v) is 6.93. The van der Waals surface area contributed by atoms with Gasteiger partial charge in [-0.25, -0.2) is 10.8 Å². The molecule has 0 atom stereocenters. The molecule has 1 rings (SSSR count). The Kier molecular flexibility index (Phi) is 6.41. The molecule has 0 fully saturated rings. The van der Waals surface area contributed by atoms with Crippen molar-refractivity contribution in [1.29, 1.82) is 0 Å². The SMILES string of the molecule is CCN(C)CCNC(=O)c1cc(NN)nc(C(C)C)c1. The van der Waals surface area contributed by atoms with Crippen LogP contribution in [0.5, 0.6) is 0 Å². The summed E-state index contributed by atoms with van der Waals surface area (Å²) in [6.07, 6.45) is 0. The van der Waals surface area contributed by atoms with Crippen LogP contribution in [0.15, 0.2) is 12.1 Å². The maximum Gasteiger partial charge on any atom is 0.251 e. The van der Waals surface area contributed by atoms with Crippen LogP contribution in [0.1, 0.15) is 42.7 Å². The van der Waals surface area contributed by atoms with Crippen molar-refractivity contribution < 1.29 is 4.79 Å². The molecule has 0 radical (unpaired) electrons. The van der Waals surface area contributed by atoms with E-state index in [0.717, 1.165) is 18.8 Å². The van der Waals surface area contributed by atoms with Crippen molar-refractivity contribution in [2.24, 2.45) is 5.84 Å². The average Bonchev–Trinajstić information content (AvgIpc) is 2.46. The van der Waals surface area contributed by atoms with Gasteiger partial charge >= 0.3 is 0 Å². The molecule has 6 nitrogen and oxygen atoms in total. The second-order valence-corrected chi connectivity index (χ2v) is 5.12. The maximum absolute atomic E-state index is 12.1. The van der Waals surface area contributed by atoms with Crippen LogP contribution >= 0.6 is 0 Å². The number of pyridine rings is 1.